The Morgan fingerprint density at radius 1 is 1.56 bits per heavy atom. The number of nitrogens with zero attached hydrogens (tertiary/aromatic N) is 1. The summed E-state index contributed by atoms with van der Waals surface area (Å²) in [4.78, 5) is 14.0. The molecule has 0 aromatic heterocycles. The van der Waals surface area contributed by atoms with Crippen LogP contribution in [0.1, 0.15) is 26.2 Å². The minimum atomic E-state index is -0.133. The Morgan fingerprint density at radius 2 is 2.31 bits per heavy atom. The van der Waals surface area contributed by atoms with Gasteiger partial charge in [-0.3, -0.25) is 4.79 Å². The van der Waals surface area contributed by atoms with E-state index in [1.54, 1.807) is 7.11 Å². The predicted molar refractivity (Wildman–Crippen MR) is 62.2 cm³/mol. The third-order valence-corrected chi connectivity index (χ3v) is 3.83. The van der Waals surface area contributed by atoms with E-state index in [9.17, 15) is 4.79 Å². The van der Waals surface area contributed by atoms with Gasteiger partial charge in [0, 0.05) is 26.6 Å². The second-order valence-corrected chi connectivity index (χ2v) is 5.30. The lowest BCUT2D eigenvalue weighted by atomic mass is 9.93. The number of likely N-dealkylation sites (tertiary alicyclic amines) is 1. The molecule has 0 aromatic rings. The molecule has 4 heteroatoms. The Hall–Kier alpha value is -0.610. The first-order valence-electron chi connectivity index (χ1n) is 6.17. The SMILES string of the molecule is COC1(C)CCCN(C(=O)CC2CNC2)C1. The summed E-state index contributed by atoms with van der Waals surface area (Å²) in [6, 6.07) is 0. The largest absolute Gasteiger partial charge is 0.377 e. The molecule has 2 fully saturated rings. The molecule has 2 aliphatic heterocycles. The number of piperidine rings is 1. The summed E-state index contributed by atoms with van der Waals surface area (Å²) >= 11 is 0. The van der Waals surface area contributed by atoms with Crippen molar-refractivity contribution in [2.45, 2.75) is 31.8 Å². The maximum Gasteiger partial charge on any atom is 0.223 e. The summed E-state index contributed by atoms with van der Waals surface area (Å²) in [5, 5.41) is 3.20. The smallest absolute Gasteiger partial charge is 0.223 e. The van der Waals surface area contributed by atoms with E-state index in [1.165, 1.54) is 0 Å². The number of hydrogen-bond acceptors (Lipinski definition) is 3. The summed E-state index contributed by atoms with van der Waals surface area (Å²) in [6.45, 7) is 5.75. The van der Waals surface area contributed by atoms with E-state index in [2.05, 4.69) is 12.2 Å². The molecule has 1 N–H and O–H groups in total. The van der Waals surface area contributed by atoms with Gasteiger partial charge in [0.25, 0.3) is 0 Å². The van der Waals surface area contributed by atoms with E-state index < -0.39 is 0 Å². The molecule has 0 spiro atoms. The summed E-state index contributed by atoms with van der Waals surface area (Å²) in [5.41, 5.74) is -0.133. The van der Waals surface area contributed by atoms with Crippen molar-refractivity contribution >= 4 is 5.91 Å². The van der Waals surface area contributed by atoms with Gasteiger partial charge in [0.1, 0.15) is 0 Å². The molecule has 1 atom stereocenters. The monoisotopic (exact) mass is 226 g/mol. The molecule has 4 nitrogen and oxygen atoms in total. The van der Waals surface area contributed by atoms with Crippen LogP contribution in [-0.2, 0) is 9.53 Å². The summed E-state index contributed by atoms with van der Waals surface area (Å²) in [6.07, 6.45) is 2.81. The minimum absolute atomic E-state index is 0.133. The lowest BCUT2D eigenvalue weighted by Gasteiger charge is -2.40. The maximum atomic E-state index is 12.0. The van der Waals surface area contributed by atoms with Gasteiger partial charge >= 0.3 is 0 Å². The number of carbonyl (C=O) groups excluding carboxylic acids is 1. The van der Waals surface area contributed by atoms with Gasteiger partial charge in [0.05, 0.1) is 5.60 Å². The van der Waals surface area contributed by atoms with Crippen LogP contribution < -0.4 is 5.32 Å². The zero-order valence-electron chi connectivity index (χ0n) is 10.3. The minimum Gasteiger partial charge on any atom is -0.377 e. The van der Waals surface area contributed by atoms with Crippen molar-refractivity contribution in [3.63, 3.8) is 0 Å². The third-order valence-electron chi connectivity index (χ3n) is 3.83. The molecular weight excluding hydrogens is 204 g/mol. The number of nitrogens with one attached hydrogen (secondary N) is 1. The molecule has 0 aliphatic carbocycles. The first-order chi connectivity index (χ1) is 7.63. The van der Waals surface area contributed by atoms with Crippen LogP contribution in [0.4, 0.5) is 0 Å². The van der Waals surface area contributed by atoms with Gasteiger partial charge < -0.3 is 15.0 Å². The standard InChI is InChI=1S/C12H22N2O2/c1-12(16-2)4-3-5-14(9-12)11(15)6-10-7-13-8-10/h10,13H,3-9H2,1-2H3. The molecule has 92 valence electrons. The molecule has 2 saturated heterocycles. The molecule has 0 saturated carbocycles. The zero-order valence-corrected chi connectivity index (χ0v) is 10.3. The van der Waals surface area contributed by atoms with E-state index in [0.29, 0.717) is 18.2 Å². The van der Waals surface area contributed by atoms with Crippen LogP contribution in [-0.4, -0.2) is 49.7 Å². The molecule has 2 rings (SSSR count). The highest BCUT2D eigenvalue weighted by atomic mass is 16.5. The molecular formula is C12H22N2O2. The predicted octanol–water partition coefficient (Wildman–Crippen LogP) is 0.623. The van der Waals surface area contributed by atoms with E-state index in [4.69, 9.17) is 4.74 Å². The van der Waals surface area contributed by atoms with Crippen LogP contribution in [0.25, 0.3) is 0 Å². The molecule has 0 radical (unpaired) electrons. The first kappa shape index (κ1) is 11.9. The quantitative estimate of drug-likeness (QED) is 0.767. The van der Waals surface area contributed by atoms with Crippen molar-refractivity contribution in [2.75, 3.05) is 33.3 Å². The second-order valence-electron chi connectivity index (χ2n) is 5.30. The molecule has 1 amide bonds. The van der Waals surface area contributed by atoms with Crippen molar-refractivity contribution in [2.24, 2.45) is 5.92 Å². The van der Waals surface area contributed by atoms with Crippen molar-refractivity contribution in [1.82, 2.24) is 10.2 Å². The van der Waals surface area contributed by atoms with Gasteiger partial charge in [0.15, 0.2) is 0 Å². The topological polar surface area (TPSA) is 41.6 Å². The maximum absolute atomic E-state index is 12.0. The summed E-state index contributed by atoms with van der Waals surface area (Å²) in [5.74, 6) is 0.859. The lowest BCUT2D eigenvalue weighted by Crippen LogP contribution is -2.51. The molecule has 16 heavy (non-hydrogen) atoms. The van der Waals surface area contributed by atoms with Crippen LogP contribution in [0.2, 0.25) is 0 Å². The number of hydrogen-bond donors (Lipinski definition) is 1. The van der Waals surface area contributed by atoms with Crippen LogP contribution in [0.3, 0.4) is 0 Å². The van der Waals surface area contributed by atoms with Crippen LogP contribution >= 0.6 is 0 Å². The van der Waals surface area contributed by atoms with Gasteiger partial charge in [-0.2, -0.15) is 0 Å². The first-order valence-corrected chi connectivity index (χ1v) is 6.17. The van der Waals surface area contributed by atoms with Gasteiger partial charge in [-0.05, 0) is 38.8 Å². The summed E-state index contributed by atoms with van der Waals surface area (Å²) < 4.78 is 5.50. The Bertz CT molecular complexity index is 266. The molecule has 2 heterocycles. The van der Waals surface area contributed by atoms with Crippen LogP contribution in [0, 0.1) is 5.92 Å². The zero-order chi connectivity index (χ0) is 11.6. The number of methoxy groups -OCH3 is 1. The second kappa shape index (κ2) is 4.72. The summed E-state index contributed by atoms with van der Waals surface area (Å²) in [7, 11) is 1.74. The molecule has 1 unspecified atom stereocenters. The molecule has 0 aromatic carbocycles. The van der Waals surface area contributed by atoms with Gasteiger partial charge in [-0.25, -0.2) is 0 Å². The Labute approximate surface area is 97.3 Å². The normalized spacial score (nSPS) is 31.2. The fourth-order valence-electron chi connectivity index (χ4n) is 2.45. The average Bonchev–Trinajstić information content (AvgIpc) is 2.23. The van der Waals surface area contributed by atoms with E-state index in [1.807, 2.05) is 4.90 Å². The Morgan fingerprint density at radius 3 is 2.88 bits per heavy atom. The highest BCUT2D eigenvalue weighted by Gasteiger charge is 2.34. The number of amides is 1. The van der Waals surface area contributed by atoms with E-state index in [-0.39, 0.29) is 5.60 Å². The van der Waals surface area contributed by atoms with E-state index in [0.717, 1.165) is 39.0 Å². The number of carbonyl (C=O) groups is 1. The van der Waals surface area contributed by atoms with Gasteiger partial charge in [-0.1, -0.05) is 0 Å². The molecule has 2 aliphatic rings. The lowest BCUT2D eigenvalue weighted by molar-refractivity contribution is -0.140. The van der Waals surface area contributed by atoms with E-state index >= 15 is 0 Å². The number of ether oxygens (including phenoxy) is 1. The van der Waals surface area contributed by atoms with Gasteiger partial charge in [-0.15, -0.1) is 0 Å². The van der Waals surface area contributed by atoms with Crippen molar-refractivity contribution in [3.8, 4) is 0 Å². The van der Waals surface area contributed by atoms with Crippen molar-refractivity contribution < 1.29 is 9.53 Å². The van der Waals surface area contributed by atoms with Crippen LogP contribution in [0.5, 0.6) is 0 Å². The Balaban J connectivity index is 1.85. The fraction of sp³-hybridized carbons (Fsp3) is 0.917. The Kier molecular flexibility index (Phi) is 3.50. The fourth-order valence-corrected chi connectivity index (χ4v) is 2.45. The average molecular weight is 226 g/mol. The third kappa shape index (κ3) is 2.55. The number of rotatable bonds is 3. The highest BCUT2D eigenvalue weighted by molar-refractivity contribution is 5.76. The van der Waals surface area contributed by atoms with Gasteiger partial charge in [0.2, 0.25) is 5.91 Å². The highest BCUT2D eigenvalue weighted by Crippen LogP contribution is 2.25. The molecule has 0 bridgehead atoms. The van der Waals surface area contributed by atoms with Crippen LogP contribution in [0.15, 0.2) is 0 Å². The van der Waals surface area contributed by atoms with Crippen molar-refractivity contribution in [3.05, 3.63) is 0 Å². The van der Waals surface area contributed by atoms with Crippen molar-refractivity contribution in [1.29, 1.82) is 0 Å².